The average molecular weight is 474 g/mol. The van der Waals surface area contributed by atoms with Gasteiger partial charge >= 0.3 is 0 Å². The van der Waals surface area contributed by atoms with E-state index in [-0.39, 0.29) is 17.6 Å². The van der Waals surface area contributed by atoms with E-state index in [0.29, 0.717) is 22.4 Å². The highest BCUT2D eigenvalue weighted by Gasteiger charge is 2.17. The largest absolute Gasteiger partial charge is 0.497 e. The second-order valence-corrected chi connectivity index (χ2v) is 8.24. The van der Waals surface area contributed by atoms with E-state index in [1.54, 1.807) is 31.4 Å². The Morgan fingerprint density at radius 3 is 2.18 bits per heavy atom. The van der Waals surface area contributed by atoms with Gasteiger partial charge in [-0.15, -0.1) is 10.2 Å². The SMILES string of the molecule is COc1ccc(NC(=O)CSc2nnc(-c3ccc(NC(C)=O)cc3)n2-c2ccccc2)cc1. The van der Waals surface area contributed by atoms with Crippen LogP contribution in [0.1, 0.15) is 6.92 Å². The first-order valence-electron chi connectivity index (χ1n) is 10.5. The summed E-state index contributed by atoms with van der Waals surface area (Å²) < 4.78 is 7.06. The van der Waals surface area contributed by atoms with Crippen molar-refractivity contribution in [1.82, 2.24) is 14.8 Å². The van der Waals surface area contributed by atoms with Crippen LogP contribution in [0.5, 0.6) is 5.75 Å². The Labute approximate surface area is 201 Å². The number of ether oxygens (including phenoxy) is 1. The maximum absolute atomic E-state index is 12.5. The number of thioether (sulfide) groups is 1. The topological polar surface area (TPSA) is 98.1 Å². The molecule has 34 heavy (non-hydrogen) atoms. The number of rotatable bonds is 8. The van der Waals surface area contributed by atoms with Crippen molar-refractivity contribution >= 4 is 35.0 Å². The lowest BCUT2D eigenvalue weighted by molar-refractivity contribution is -0.114. The van der Waals surface area contributed by atoms with E-state index in [4.69, 9.17) is 4.74 Å². The molecule has 3 aromatic carbocycles. The van der Waals surface area contributed by atoms with Crippen LogP contribution in [0, 0.1) is 0 Å². The van der Waals surface area contributed by atoms with Crippen molar-refractivity contribution in [3.8, 4) is 22.8 Å². The summed E-state index contributed by atoms with van der Waals surface area (Å²) in [6, 6.07) is 24.3. The number of amides is 2. The lowest BCUT2D eigenvalue weighted by atomic mass is 10.2. The Bertz CT molecular complexity index is 1270. The van der Waals surface area contributed by atoms with E-state index in [1.165, 1.54) is 18.7 Å². The van der Waals surface area contributed by atoms with Crippen LogP contribution in [0.3, 0.4) is 0 Å². The zero-order valence-electron chi connectivity index (χ0n) is 18.7. The van der Waals surface area contributed by atoms with Crippen molar-refractivity contribution in [2.75, 3.05) is 23.5 Å². The summed E-state index contributed by atoms with van der Waals surface area (Å²) in [4.78, 5) is 23.8. The normalized spacial score (nSPS) is 10.5. The molecule has 0 radical (unpaired) electrons. The number of aromatic nitrogens is 3. The highest BCUT2D eigenvalue weighted by molar-refractivity contribution is 7.99. The van der Waals surface area contributed by atoms with E-state index < -0.39 is 0 Å². The number of hydrogen-bond acceptors (Lipinski definition) is 6. The molecule has 2 amide bonds. The minimum absolute atomic E-state index is 0.133. The molecule has 2 N–H and O–H groups in total. The number of carbonyl (C=O) groups excluding carboxylic acids is 2. The molecule has 0 saturated heterocycles. The molecular formula is C25H23N5O3S. The molecule has 4 aromatic rings. The van der Waals surface area contributed by atoms with Gasteiger partial charge in [-0.3, -0.25) is 14.2 Å². The molecular weight excluding hydrogens is 450 g/mol. The summed E-state index contributed by atoms with van der Waals surface area (Å²) in [6.45, 7) is 1.47. The summed E-state index contributed by atoms with van der Waals surface area (Å²) in [6.07, 6.45) is 0. The zero-order chi connectivity index (χ0) is 23.9. The molecule has 4 rings (SSSR count). The van der Waals surface area contributed by atoms with Crippen molar-refractivity contribution in [1.29, 1.82) is 0 Å². The number of methoxy groups -OCH3 is 1. The standard InChI is InChI=1S/C25H23N5O3S/c1-17(31)26-19-10-8-18(9-11-19)24-28-29-25(30(24)21-6-4-3-5-7-21)34-16-23(32)27-20-12-14-22(33-2)15-13-20/h3-15H,16H2,1-2H3,(H,26,31)(H,27,32). The summed E-state index contributed by atoms with van der Waals surface area (Å²) in [5.41, 5.74) is 3.11. The average Bonchev–Trinajstić information content (AvgIpc) is 3.28. The quantitative estimate of drug-likeness (QED) is 0.362. The molecule has 0 aliphatic rings. The molecule has 8 nitrogen and oxygen atoms in total. The van der Waals surface area contributed by atoms with Crippen molar-refractivity contribution in [3.05, 3.63) is 78.9 Å². The van der Waals surface area contributed by atoms with Gasteiger partial charge in [0.15, 0.2) is 11.0 Å². The van der Waals surface area contributed by atoms with Gasteiger partial charge in [-0.25, -0.2) is 0 Å². The first kappa shape index (κ1) is 23.1. The molecule has 0 spiro atoms. The van der Waals surface area contributed by atoms with Gasteiger partial charge in [0.05, 0.1) is 12.9 Å². The van der Waals surface area contributed by atoms with Gasteiger partial charge in [0.1, 0.15) is 5.75 Å². The van der Waals surface area contributed by atoms with Crippen LogP contribution in [0.15, 0.2) is 84.0 Å². The van der Waals surface area contributed by atoms with Gasteiger partial charge in [0, 0.05) is 29.5 Å². The summed E-state index contributed by atoms with van der Waals surface area (Å²) in [5, 5.41) is 15.0. The van der Waals surface area contributed by atoms with Crippen LogP contribution < -0.4 is 15.4 Å². The zero-order valence-corrected chi connectivity index (χ0v) is 19.5. The van der Waals surface area contributed by atoms with Crippen LogP contribution in [-0.4, -0.2) is 39.4 Å². The molecule has 0 aliphatic carbocycles. The van der Waals surface area contributed by atoms with Gasteiger partial charge in [-0.2, -0.15) is 0 Å². The Morgan fingerprint density at radius 2 is 1.53 bits per heavy atom. The minimum Gasteiger partial charge on any atom is -0.497 e. The fourth-order valence-electron chi connectivity index (χ4n) is 3.27. The van der Waals surface area contributed by atoms with Crippen LogP contribution >= 0.6 is 11.8 Å². The van der Waals surface area contributed by atoms with Gasteiger partial charge < -0.3 is 15.4 Å². The molecule has 1 aromatic heterocycles. The van der Waals surface area contributed by atoms with E-state index >= 15 is 0 Å². The number of carbonyl (C=O) groups is 2. The van der Waals surface area contributed by atoms with Crippen LogP contribution in [0.4, 0.5) is 11.4 Å². The molecule has 1 heterocycles. The van der Waals surface area contributed by atoms with Crippen LogP contribution in [0.2, 0.25) is 0 Å². The maximum atomic E-state index is 12.5. The second kappa shape index (κ2) is 10.7. The van der Waals surface area contributed by atoms with Crippen molar-refractivity contribution in [3.63, 3.8) is 0 Å². The number of para-hydroxylation sites is 1. The highest BCUT2D eigenvalue weighted by atomic mass is 32.2. The maximum Gasteiger partial charge on any atom is 0.234 e. The van der Waals surface area contributed by atoms with Gasteiger partial charge in [-0.05, 0) is 60.7 Å². The predicted octanol–water partition coefficient (Wildman–Crippen LogP) is 4.63. The number of hydrogen-bond donors (Lipinski definition) is 2. The first-order valence-corrected chi connectivity index (χ1v) is 11.5. The highest BCUT2D eigenvalue weighted by Crippen LogP contribution is 2.29. The lowest BCUT2D eigenvalue weighted by Crippen LogP contribution is -2.14. The fourth-order valence-corrected chi connectivity index (χ4v) is 4.02. The third-order valence-electron chi connectivity index (χ3n) is 4.82. The van der Waals surface area contributed by atoms with Crippen LogP contribution in [0.25, 0.3) is 17.1 Å². The van der Waals surface area contributed by atoms with Gasteiger partial charge in [0.25, 0.3) is 0 Å². The smallest absolute Gasteiger partial charge is 0.234 e. The monoisotopic (exact) mass is 473 g/mol. The first-order chi connectivity index (χ1) is 16.5. The number of nitrogens with zero attached hydrogens (tertiary/aromatic N) is 3. The summed E-state index contributed by atoms with van der Waals surface area (Å²) in [5.74, 6) is 1.24. The lowest BCUT2D eigenvalue weighted by Gasteiger charge is -2.11. The third-order valence-corrected chi connectivity index (χ3v) is 5.75. The van der Waals surface area contributed by atoms with Crippen LogP contribution in [-0.2, 0) is 9.59 Å². The van der Waals surface area contributed by atoms with E-state index in [9.17, 15) is 9.59 Å². The van der Waals surface area contributed by atoms with E-state index in [1.807, 2.05) is 59.2 Å². The van der Waals surface area contributed by atoms with Crippen molar-refractivity contribution < 1.29 is 14.3 Å². The third kappa shape index (κ3) is 5.62. The van der Waals surface area contributed by atoms with Crippen molar-refractivity contribution in [2.24, 2.45) is 0 Å². The molecule has 0 fully saturated rings. The minimum atomic E-state index is -0.154. The molecule has 0 unspecified atom stereocenters. The number of nitrogens with one attached hydrogen (secondary N) is 2. The second-order valence-electron chi connectivity index (χ2n) is 7.30. The molecule has 0 aliphatic heterocycles. The van der Waals surface area contributed by atoms with E-state index in [0.717, 1.165) is 17.0 Å². The van der Waals surface area contributed by atoms with Crippen molar-refractivity contribution in [2.45, 2.75) is 12.1 Å². The summed E-state index contributed by atoms with van der Waals surface area (Å²) >= 11 is 1.30. The summed E-state index contributed by atoms with van der Waals surface area (Å²) in [7, 11) is 1.60. The Balaban J connectivity index is 1.54. The number of anilines is 2. The molecule has 172 valence electrons. The fraction of sp³-hybridized carbons (Fsp3) is 0.120. The van der Waals surface area contributed by atoms with E-state index in [2.05, 4.69) is 20.8 Å². The molecule has 0 atom stereocenters. The molecule has 0 saturated carbocycles. The van der Waals surface area contributed by atoms with Gasteiger partial charge in [0.2, 0.25) is 11.8 Å². The van der Waals surface area contributed by atoms with Gasteiger partial charge in [-0.1, -0.05) is 30.0 Å². The Hall–Kier alpha value is -4.11. The Morgan fingerprint density at radius 1 is 0.882 bits per heavy atom. The molecule has 0 bridgehead atoms. The number of benzene rings is 3. The molecule has 9 heteroatoms. The Kier molecular flexibility index (Phi) is 7.24. The predicted molar refractivity (Wildman–Crippen MR) is 133 cm³/mol.